The van der Waals surface area contributed by atoms with Crippen LogP contribution in [-0.4, -0.2) is 11.9 Å². The van der Waals surface area contributed by atoms with E-state index in [4.69, 9.17) is 0 Å². The molecule has 14 heavy (non-hydrogen) atoms. The Morgan fingerprint density at radius 3 is 2.64 bits per heavy atom. The second-order valence-corrected chi connectivity index (χ2v) is 2.93. The maximum Gasteiger partial charge on any atom is 0.394 e. The van der Waals surface area contributed by atoms with Crippen LogP contribution in [0.25, 0.3) is 0 Å². The van der Waals surface area contributed by atoms with E-state index in [2.05, 4.69) is 10.7 Å². The van der Waals surface area contributed by atoms with Gasteiger partial charge in [0.2, 0.25) is 0 Å². The number of hydrogen-bond acceptors (Lipinski definition) is 1. The normalized spacial score (nSPS) is 16.3. The van der Waals surface area contributed by atoms with Crippen molar-refractivity contribution in [3.63, 3.8) is 0 Å². The largest absolute Gasteiger partial charge is 0.394 e. The summed E-state index contributed by atoms with van der Waals surface area (Å²) < 4.78 is 36.0. The van der Waals surface area contributed by atoms with Gasteiger partial charge < -0.3 is 0 Å². The first-order valence-electron chi connectivity index (χ1n) is 4.26. The van der Waals surface area contributed by atoms with Gasteiger partial charge in [-0.2, -0.15) is 13.2 Å². The van der Waals surface area contributed by atoms with E-state index in [0.29, 0.717) is 0 Å². The Labute approximate surface area is 80.3 Å². The minimum Gasteiger partial charge on any atom is -0.260 e. The summed E-state index contributed by atoms with van der Waals surface area (Å²) in [7, 11) is 0. The van der Waals surface area contributed by atoms with Crippen molar-refractivity contribution < 1.29 is 13.2 Å². The van der Waals surface area contributed by atoms with E-state index in [9.17, 15) is 13.2 Å². The lowest BCUT2D eigenvalue weighted by Gasteiger charge is -2.03. The fourth-order valence-electron chi connectivity index (χ4n) is 0.981. The van der Waals surface area contributed by atoms with E-state index < -0.39 is 12.6 Å². The molecule has 0 saturated heterocycles. The zero-order chi connectivity index (χ0) is 10.6. The van der Waals surface area contributed by atoms with Gasteiger partial charge in [-0.05, 0) is 18.1 Å². The lowest BCUT2D eigenvalue weighted by Crippen LogP contribution is -2.12. The third-order valence-electron chi connectivity index (χ3n) is 1.70. The van der Waals surface area contributed by atoms with Crippen LogP contribution in [0.4, 0.5) is 13.2 Å². The Kier molecular flexibility index (Phi) is 3.31. The number of hydrogen-bond donors (Lipinski definition) is 0. The standard InChI is InChI=1S/C10H10F3N/c1-2-8-4-3-5-9(14-7-8)6-10(11,12)13/h4-5,7H,2,6H2,1H3. The highest BCUT2D eigenvalue weighted by molar-refractivity contribution is 5.96. The first-order valence-corrected chi connectivity index (χ1v) is 4.26. The summed E-state index contributed by atoms with van der Waals surface area (Å²) in [5.41, 5.74) is 3.54. The molecule has 0 spiro atoms. The summed E-state index contributed by atoms with van der Waals surface area (Å²) in [5, 5.41) is 0. The molecular formula is C10H10F3N. The van der Waals surface area contributed by atoms with Gasteiger partial charge in [-0.1, -0.05) is 6.92 Å². The number of nitrogens with zero attached hydrogens (tertiary/aromatic N) is 1. The molecule has 1 heterocycles. The molecule has 0 aliphatic carbocycles. The van der Waals surface area contributed by atoms with E-state index in [0.717, 1.165) is 12.0 Å². The van der Waals surface area contributed by atoms with E-state index >= 15 is 0 Å². The molecule has 0 aromatic rings. The molecule has 0 amide bonds. The number of aliphatic imine (C=N–C) groups is 1. The first-order chi connectivity index (χ1) is 6.51. The predicted molar refractivity (Wildman–Crippen MR) is 49.1 cm³/mol. The predicted octanol–water partition coefficient (Wildman–Crippen LogP) is 3.40. The summed E-state index contributed by atoms with van der Waals surface area (Å²) in [5.74, 6) is 0. The molecular weight excluding hydrogens is 191 g/mol. The van der Waals surface area contributed by atoms with Crippen molar-refractivity contribution in [3.05, 3.63) is 29.7 Å². The average Bonchev–Trinajstić information content (AvgIpc) is 2.27. The lowest BCUT2D eigenvalue weighted by molar-refractivity contribution is -0.121. The summed E-state index contributed by atoms with van der Waals surface area (Å²) in [6.07, 6.45) is -0.0936. The zero-order valence-corrected chi connectivity index (χ0v) is 7.73. The molecule has 0 aromatic carbocycles. The monoisotopic (exact) mass is 201 g/mol. The van der Waals surface area contributed by atoms with Crippen molar-refractivity contribution in [2.45, 2.75) is 25.9 Å². The molecule has 0 aromatic heterocycles. The van der Waals surface area contributed by atoms with Crippen LogP contribution in [-0.2, 0) is 0 Å². The first kappa shape index (κ1) is 10.8. The third kappa shape index (κ3) is 3.62. The van der Waals surface area contributed by atoms with Crippen LogP contribution < -0.4 is 0 Å². The van der Waals surface area contributed by atoms with Crippen molar-refractivity contribution in [1.29, 1.82) is 0 Å². The molecule has 1 nitrogen and oxygen atoms in total. The van der Waals surface area contributed by atoms with Gasteiger partial charge in [0.25, 0.3) is 0 Å². The second kappa shape index (κ2) is 4.29. The van der Waals surface area contributed by atoms with E-state index in [1.54, 1.807) is 6.08 Å². The Bertz CT molecular complexity index is 328. The average molecular weight is 201 g/mol. The number of rotatable bonds is 2. The third-order valence-corrected chi connectivity index (χ3v) is 1.70. The zero-order valence-electron chi connectivity index (χ0n) is 7.73. The van der Waals surface area contributed by atoms with Gasteiger partial charge in [0.1, 0.15) is 0 Å². The van der Waals surface area contributed by atoms with Crippen molar-refractivity contribution in [1.82, 2.24) is 0 Å². The van der Waals surface area contributed by atoms with E-state index in [1.165, 1.54) is 12.3 Å². The highest BCUT2D eigenvalue weighted by Gasteiger charge is 2.28. The highest BCUT2D eigenvalue weighted by atomic mass is 19.4. The van der Waals surface area contributed by atoms with Gasteiger partial charge in [-0.3, -0.25) is 4.99 Å². The van der Waals surface area contributed by atoms with E-state index in [1.807, 2.05) is 6.92 Å². The van der Waals surface area contributed by atoms with E-state index in [-0.39, 0.29) is 5.71 Å². The van der Waals surface area contributed by atoms with Gasteiger partial charge in [-0.25, -0.2) is 0 Å². The number of alkyl halides is 3. The fourth-order valence-corrected chi connectivity index (χ4v) is 0.981. The molecule has 1 aliphatic rings. The molecule has 0 atom stereocenters. The second-order valence-electron chi connectivity index (χ2n) is 2.93. The SMILES string of the molecule is CCC1=CN=C(CC(F)(F)F)C=C=C1. The summed E-state index contributed by atoms with van der Waals surface area (Å²) in [6.45, 7) is 1.91. The van der Waals surface area contributed by atoms with Gasteiger partial charge in [0.15, 0.2) is 0 Å². The van der Waals surface area contributed by atoms with Crippen LogP contribution in [0.5, 0.6) is 0 Å². The Morgan fingerprint density at radius 1 is 1.36 bits per heavy atom. The van der Waals surface area contributed by atoms with Gasteiger partial charge in [0.05, 0.1) is 12.1 Å². The lowest BCUT2D eigenvalue weighted by atomic mass is 10.2. The van der Waals surface area contributed by atoms with Crippen LogP contribution in [0.15, 0.2) is 34.6 Å². The summed E-state index contributed by atoms with van der Waals surface area (Å²) >= 11 is 0. The van der Waals surface area contributed by atoms with Crippen molar-refractivity contribution in [2.24, 2.45) is 4.99 Å². The molecule has 1 rings (SSSR count). The van der Waals surface area contributed by atoms with Crippen LogP contribution in [0.3, 0.4) is 0 Å². The highest BCUT2D eigenvalue weighted by Crippen LogP contribution is 2.21. The number of halogens is 3. The molecule has 0 fully saturated rings. The van der Waals surface area contributed by atoms with Crippen molar-refractivity contribution in [3.8, 4) is 0 Å². The quantitative estimate of drug-likeness (QED) is 0.607. The minimum absolute atomic E-state index is 0.00259. The molecule has 1 aliphatic heterocycles. The molecule has 0 radical (unpaired) electrons. The van der Waals surface area contributed by atoms with Gasteiger partial charge in [-0.15, -0.1) is 5.73 Å². The topological polar surface area (TPSA) is 12.4 Å². The van der Waals surface area contributed by atoms with Crippen LogP contribution >= 0.6 is 0 Å². The molecule has 0 bridgehead atoms. The Morgan fingerprint density at radius 2 is 2.07 bits per heavy atom. The van der Waals surface area contributed by atoms with Crippen LogP contribution in [0, 0.1) is 0 Å². The van der Waals surface area contributed by atoms with Crippen molar-refractivity contribution in [2.75, 3.05) is 0 Å². The van der Waals surface area contributed by atoms with Crippen molar-refractivity contribution >= 4 is 5.71 Å². The van der Waals surface area contributed by atoms with Crippen LogP contribution in [0.2, 0.25) is 0 Å². The molecule has 4 heteroatoms. The van der Waals surface area contributed by atoms with Gasteiger partial charge in [0, 0.05) is 12.3 Å². The maximum absolute atomic E-state index is 12.0. The Balaban J connectivity index is 2.79. The fraction of sp³-hybridized carbons (Fsp3) is 0.400. The minimum atomic E-state index is -4.21. The van der Waals surface area contributed by atoms with Gasteiger partial charge >= 0.3 is 6.18 Å². The molecule has 0 N–H and O–H groups in total. The molecule has 0 saturated carbocycles. The smallest absolute Gasteiger partial charge is 0.260 e. The maximum atomic E-state index is 12.0. The summed E-state index contributed by atoms with van der Waals surface area (Å²) in [6, 6.07) is 0. The number of allylic oxidation sites excluding steroid dienone is 2. The summed E-state index contributed by atoms with van der Waals surface area (Å²) in [4.78, 5) is 3.75. The van der Waals surface area contributed by atoms with Crippen LogP contribution in [0.1, 0.15) is 19.8 Å². The molecule has 76 valence electrons. The molecule has 0 unspecified atom stereocenters. The Hall–Kier alpha value is -1.28.